The van der Waals surface area contributed by atoms with Crippen molar-refractivity contribution in [3.05, 3.63) is 0 Å². The Labute approximate surface area is 139 Å². The van der Waals surface area contributed by atoms with Crippen LogP contribution in [0.15, 0.2) is 0 Å². The van der Waals surface area contributed by atoms with E-state index in [-0.39, 0.29) is 17.5 Å². The van der Waals surface area contributed by atoms with Crippen LogP contribution in [0.2, 0.25) is 0 Å². The summed E-state index contributed by atoms with van der Waals surface area (Å²) >= 11 is 0. The highest BCUT2D eigenvalue weighted by atomic mass is 16.6. The minimum absolute atomic E-state index is 0.158. The van der Waals surface area contributed by atoms with Crippen LogP contribution in [0.1, 0.15) is 59.8 Å². The first-order valence-electron chi connectivity index (χ1n) is 8.69. The maximum Gasteiger partial charge on any atom is 0.408 e. The molecular formula is C17H31N3O3. The number of nitrogens with one attached hydrogen (secondary N) is 2. The molecule has 0 unspecified atom stereocenters. The van der Waals surface area contributed by atoms with E-state index in [1.165, 1.54) is 0 Å². The lowest BCUT2D eigenvalue weighted by Crippen LogP contribution is -2.61. The van der Waals surface area contributed by atoms with Gasteiger partial charge in [-0.3, -0.25) is 4.79 Å². The lowest BCUT2D eigenvalue weighted by molar-refractivity contribution is -0.129. The number of alkyl carbamates (subject to hydrolysis) is 1. The first-order chi connectivity index (χ1) is 10.7. The van der Waals surface area contributed by atoms with Crippen LogP contribution in [0, 0.1) is 0 Å². The van der Waals surface area contributed by atoms with Crippen LogP contribution in [-0.2, 0) is 9.53 Å². The van der Waals surface area contributed by atoms with Crippen molar-refractivity contribution in [2.45, 2.75) is 77.0 Å². The van der Waals surface area contributed by atoms with Gasteiger partial charge in [0.05, 0.1) is 5.54 Å². The van der Waals surface area contributed by atoms with E-state index in [1.54, 1.807) is 6.92 Å². The summed E-state index contributed by atoms with van der Waals surface area (Å²) in [4.78, 5) is 25.3. The average Bonchev–Trinajstić information content (AvgIpc) is 2.40. The summed E-state index contributed by atoms with van der Waals surface area (Å²) in [5.41, 5.74) is -0.637. The zero-order valence-corrected chi connectivity index (χ0v) is 14.9. The topological polar surface area (TPSA) is 70.7 Å². The van der Waals surface area contributed by atoms with Crippen molar-refractivity contribution in [2.24, 2.45) is 0 Å². The molecule has 1 aliphatic carbocycles. The standard InChI is InChI=1S/C17H31N3O3/c1-13(21)20-10-6-14(7-11-20)18-12-17(8-5-9-17)19-15(22)23-16(2,3)4/h14,18H,5-12H2,1-4H3,(H,19,22). The Balaban J connectivity index is 1.77. The SMILES string of the molecule is CC(=O)N1CCC(NCC2(NC(=O)OC(C)(C)C)CCC2)CC1. The first-order valence-corrected chi connectivity index (χ1v) is 8.69. The minimum Gasteiger partial charge on any atom is -0.444 e. The highest BCUT2D eigenvalue weighted by Gasteiger charge is 2.39. The second-order valence-electron chi connectivity index (χ2n) is 7.92. The molecule has 0 aromatic heterocycles. The Hall–Kier alpha value is -1.30. The summed E-state index contributed by atoms with van der Waals surface area (Å²) < 4.78 is 5.38. The second kappa shape index (κ2) is 7.07. The Bertz CT molecular complexity index is 433. The molecule has 0 spiro atoms. The fourth-order valence-electron chi connectivity index (χ4n) is 3.21. The van der Waals surface area contributed by atoms with Gasteiger partial charge >= 0.3 is 6.09 Å². The highest BCUT2D eigenvalue weighted by molar-refractivity contribution is 5.73. The van der Waals surface area contributed by atoms with Crippen molar-refractivity contribution in [3.8, 4) is 0 Å². The van der Waals surface area contributed by atoms with Crippen molar-refractivity contribution in [1.82, 2.24) is 15.5 Å². The van der Waals surface area contributed by atoms with Gasteiger partial charge in [-0.1, -0.05) is 0 Å². The number of amides is 2. The Morgan fingerprint density at radius 1 is 1.22 bits per heavy atom. The monoisotopic (exact) mass is 325 g/mol. The lowest BCUT2D eigenvalue weighted by Gasteiger charge is -2.44. The van der Waals surface area contributed by atoms with Gasteiger partial charge < -0.3 is 20.3 Å². The van der Waals surface area contributed by atoms with Crippen LogP contribution < -0.4 is 10.6 Å². The van der Waals surface area contributed by atoms with Crippen molar-refractivity contribution >= 4 is 12.0 Å². The second-order valence-corrected chi connectivity index (χ2v) is 7.92. The van der Waals surface area contributed by atoms with Gasteiger partial charge in [0, 0.05) is 32.6 Å². The van der Waals surface area contributed by atoms with Crippen LogP contribution in [-0.4, -0.2) is 53.7 Å². The Kier molecular flexibility index (Phi) is 5.55. The third-order valence-corrected chi connectivity index (χ3v) is 4.75. The summed E-state index contributed by atoms with van der Waals surface area (Å²) in [6.45, 7) is 9.67. The van der Waals surface area contributed by atoms with E-state index in [9.17, 15) is 9.59 Å². The van der Waals surface area contributed by atoms with E-state index in [0.29, 0.717) is 6.04 Å². The molecule has 0 aromatic rings. The summed E-state index contributed by atoms with van der Waals surface area (Å²) in [7, 11) is 0. The minimum atomic E-state index is -0.470. The maximum absolute atomic E-state index is 12.0. The third kappa shape index (κ3) is 5.37. The number of rotatable bonds is 4. The number of likely N-dealkylation sites (tertiary alicyclic amines) is 1. The van der Waals surface area contributed by atoms with E-state index in [2.05, 4.69) is 10.6 Å². The number of carbonyl (C=O) groups excluding carboxylic acids is 2. The zero-order chi connectivity index (χ0) is 17.1. The molecule has 1 aliphatic heterocycles. The molecular weight excluding hydrogens is 294 g/mol. The molecule has 1 saturated carbocycles. The summed E-state index contributed by atoms with van der Waals surface area (Å²) in [6.07, 6.45) is 4.74. The van der Waals surface area contributed by atoms with Gasteiger partial charge in [0.2, 0.25) is 5.91 Å². The predicted octanol–water partition coefficient (Wildman–Crippen LogP) is 2.03. The lowest BCUT2D eigenvalue weighted by atomic mass is 9.76. The largest absolute Gasteiger partial charge is 0.444 e. The number of carbonyl (C=O) groups is 2. The quantitative estimate of drug-likeness (QED) is 0.830. The van der Waals surface area contributed by atoms with Crippen LogP contribution in [0.4, 0.5) is 4.79 Å². The highest BCUT2D eigenvalue weighted by Crippen LogP contribution is 2.32. The molecule has 2 rings (SSSR count). The van der Waals surface area contributed by atoms with E-state index in [4.69, 9.17) is 4.74 Å². The molecule has 2 aliphatic rings. The molecule has 23 heavy (non-hydrogen) atoms. The van der Waals surface area contributed by atoms with Gasteiger partial charge in [-0.05, 0) is 52.9 Å². The van der Waals surface area contributed by atoms with Gasteiger partial charge in [0.25, 0.3) is 0 Å². The normalized spacial score (nSPS) is 21.5. The molecule has 2 fully saturated rings. The number of hydrogen-bond acceptors (Lipinski definition) is 4. The predicted molar refractivity (Wildman–Crippen MR) is 89.2 cm³/mol. The molecule has 132 valence electrons. The molecule has 0 aromatic carbocycles. The molecule has 2 amide bonds. The van der Waals surface area contributed by atoms with Gasteiger partial charge in [-0.15, -0.1) is 0 Å². The van der Waals surface area contributed by atoms with Gasteiger partial charge in [0.1, 0.15) is 5.60 Å². The van der Waals surface area contributed by atoms with Crippen LogP contribution >= 0.6 is 0 Å². The van der Waals surface area contributed by atoms with Gasteiger partial charge in [-0.25, -0.2) is 4.79 Å². The Morgan fingerprint density at radius 3 is 2.26 bits per heavy atom. The summed E-state index contributed by atoms with van der Waals surface area (Å²) in [5.74, 6) is 0.158. The first kappa shape index (κ1) is 18.0. The average molecular weight is 325 g/mol. The van der Waals surface area contributed by atoms with Crippen molar-refractivity contribution < 1.29 is 14.3 Å². The van der Waals surface area contributed by atoms with Crippen LogP contribution in [0.5, 0.6) is 0 Å². The summed E-state index contributed by atoms with van der Waals surface area (Å²) in [5, 5.41) is 6.65. The van der Waals surface area contributed by atoms with Crippen LogP contribution in [0.25, 0.3) is 0 Å². The van der Waals surface area contributed by atoms with Gasteiger partial charge in [-0.2, -0.15) is 0 Å². The van der Waals surface area contributed by atoms with Crippen molar-refractivity contribution in [1.29, 1.82) is 0 Å². The summed E-state index contributed by atoms with van der Waals surface area (Å²) in [6, 6.07) is 0.420. The fourth-order valence-corrected chi connectivity index (χ4v) is 3.21. The zero-order valence-electron chi connectivity index (χ0n) is 14.9. The number of hydrogen-bond donors (Lipinski definition) is 2. The third-order valence-electron chi connectivity index (χ3n) is 4.75. The van der Waals surface area contributed by atoms with Crippen molar-refractivity contribution in [3.63, 3.8) is 0 Å². The van der Waals surface area contributed by atoms with E-state index >= 15 is 0 Å². The molecule has 0 bridgehead atoms. The van der Waals surface area contributed by atoms with Crippen molar-refractivity contribution in [2.75, 3.05) is 19.6 Å². The molecule has 0 atom stereocenters. The molecule has 6 nitrogen and oxygen atoms in total. The molecule has 1 saturated heterocycles. The number of piperidine rings is 1. The fraction of sp³-hybridized carbons (Fsp3) is 0.882. The Morgan fingerprint density at radius 2 is 1.83 bits per heavy atom. The maximum atomic E-state index is 12.0. The number of ether oxygens (including phenoxy) is 1. The van der Waals surface area contributed by atoms with Crippen LogP contribution in [0.3, 0.4) is 0 Å². The molecule has 2 N–H and O–H groups in total. The number of nitrogens with zero attached hydrogens (tertiary/aromatic N) is 1. The molecule has 1 heterocycles. The molecule has 0 radical (unpaired) electrons. The molecule has 6 heteroatoms. The van der Waals surface area contributed by atoms with Gasteiger partial charge in [0.15, 0.2) is 0 Å². The van der Waals surface area contributed by atoms with E-state index in [1.807, 2.05) is 25.7 Å². The van der Waals surface area contributed by atoms with E-state index in [0.717, 1.165) is 51.7 Å². The smallest absolute Gasteiger partial charge is 0.408 e. The van der Waals surface area contributed by atoms with E-state index < -0.39 is 5.60 Å².